The number of benzene rings is 1. The van der Waals surface area contributed by atoms with Crippen molar-refractivity contribution in [3.63, 3.8) is 0 Å². The molecule has 2 aromatic rings. The number of ether oxygens (including phenoxy) is 2. The molecule has 0 saturated heterocycles. The first kappa shape index (κ1) is 12.9. The Morgan fingerprint density at radius 1 is 1.32 bits per heavy atom. The third-order valence-corrected chi connectivity index (χ3v) is 2.59. The van der Waals surface area contributed by atoms with Crippen LogP contribution in [0.2, 0.25) is 0 Å². The maximum atomic E-state index is 11.8. The zero-order valence-electron chi connectivity index (χ0n) is 10.5. The van der Waals surface area contributed by atoms with Crippen LogP contribution in [0.5, 0.6) is 5.75 Å². The molecule has 0 fully saturated rings. The van der Waals surface area contributed by atoms with Crippen LogP contribution >= 0.6 is 0 Å². The minimum Gasteiger partial charge on any atom is -0.494 e. The number of carbonyl (C=O) groups is 1. The number of nitrogens with zero attached hydrogens (tertiary/aromatic N) is 1. The van der Waals surface area contributed by atoms with Gasteiger partial charge in [-0.15, -0.1) is 0 Å². The molecule has 98 valence electrons. The number of para-hydroxylation sites is 1. The number of hydrogen-bond acceptors (Lipinski definition) is 5. The maximum Gasteiger partial charge on any atom is 0.340 e. The second-order valence-corrected chi connectivity index (χ2v) is 3.86. The Bertz CT molecular complexity index is 570. The Labute approximate surface area is 111 Å². The van der Waals surface area contributed by atoms with Crippen molar-refractivity contribution in [2.45, 2.75) is 6.61 Å². The largest absolute Gasteiger partial charge is 0.494 e. The van der Waals surface area contributed by atoms with Crippen molar-refractivity contribution in [1.82, 2.24) is 4.98 Å². The Hall–Kier alpha value is -2.56. The van der Waals surface area contributed by atoms with E-state index in [2.05, 4.69) is 4.98 Å². The molecule has 19 heavy (non-hydrogen) atoms. The second kappa shape index (κ2) is 5.86. The van der Waals surface area contributed by atoms with Gasteiger partial charge in [-0.1, -0.05) is 12.1 Å². The lowest BCUT2D eigenvalue weighted by molar-refractivity contribution is 0.0470. The normalized spacial score (nSPS) is 9.95. The maximum absolute atomic E-state index is 11.8. The number of pyridine rings is 1. The summed E-state index contributed by atoms with van der Waals surface area (Å²) in [6.45, 7) is 0.0991. The molecule has 0 saturated carbocycles. The van der Waals surface area contributed by atoms with Gasteiger partial charge in [0.2, 0.25) is 0 Å². The topological polar surface area (TPSA) is 74.4 Å². The zero-order chi connectivity index (χ0) is 13.7. The number of hydrogen-bond donors (Lipinski definition) is 1. The van der Waals surface area contributed by atoms with Crippen LogP contribution in [-0.4, -0.2) is 18.1 Å². The van der Waals surface area contributed by atoms with E-state index < -0.39 is 5.97 Å². The van der Waals surface area contributed by atoms with E-state index in [1.807, 2.05) is 0 Å². The van der Waals surface area contributed by atoms with Crippen LogP contribution in [0.4, 0.5) is 5.69 Å². The number of esters is 1. The third kappa shape index (κ3) is 3.01. The second-order valence-electron chi connectivity index (χ2n) is 3.86. The van der Waals surface area contributed by atoms with E-state index in [-0.39, 0.29) is 6.61 Å². The van der Waals surface area contributed by atoms with Gasteiger partial charge in [0.15, 0.2) is 0 Å². The molecule has 0 unspecified atom stereocenters. The number of carbonyl (C=O) groups excluding carboxylic acids is 1. The highest BCUT2D eigenvalue weighted by Gasteiger charge is 2.11. The molecule has 0 radical (unpaired) electrons. The number of nitrogen functional groups attached to an aromatic ring is 1. The van der Waals surface area contributed by atoms with Crippen LogP contribution in [-0.2, 0) is 11.3 Å². The lowest BCUT2D eigenvalue weighted by Gasteiger charge is -2.11. The average molecular weight is 258 g/mol. The van der Waals surface area contributed by atoms with Crippen LogP contribution in [0, 0.1) is 0 Å². The smallest absolute Gasteiger partial charge is 0.340 e. The van der Waals surface area contributed by atoms with Gasteiger partial charge in [-0.2, -0.15) is 0 Å². The zero-order valence-corrected chi connectivity index (χ0v) is 10.5. The Balaban J connectivity index is 2.07. The van der Waals surface area contributed by atoms with E-state index >= 15 is 0 Å². The van der Waals surface area contributed by atoms with Gasteiger partial charge in [0.1, 0.15) is 12.4 Å². The molecule has 5 heteroatoms. The highest BCUT2D eigenvalue weighted by atomic mass is 16.5. The molecule has 1 aromatic heterocycles. The van der Waals surface area contributed by atoms with Gasteiger partial charge in [0.25, 0.3) is 0 Å². The van der Waals surface area contributed by atoms with Crippen molar-refractivity contribution in [2.75, 3.05) is 12.8 Å². The molecule has 1 heterocycles. The molecule has 0 amide bonds. The van der Waals surface area contributed by atoms with Gasteiger partial charge in [-0.05, 0) is 18.2 Å². The summed E-state index contributed by atoms with van der Waals surface area (Å²) < 4.78 is 10.4. The first-order chi connectivity index (χ1) is 9.22. The van der Waals surface area contributed by atoms with E-state index in [0.717, 1.165) is 5.56 Å². The molecule has 0 atom stereocenters. The van der Waals surface area contributed by atoms with E-state index in [9.17, 15) is 4.79 Å². The minimum atomic E-state index is -0.433. The summed E-state index contributed by atoms with van der Waals surface area (Å²) in [5.74, 6) is 0.0964. The molecule has 0 bridgehead atoms. The highest BCUT2D eigenvalue weighted by molar-refractivity contribution is 5.88. The molecule has 2 N–H and O–H groups in total. The molecule has 2 rings (SSSR count). The summed E-state index contributed by atoms with van der Waals surface area (Å²) in [5, 5.41) is 0. The van der Waals surface area contributed by atoms with Crippen molar-refractivity contribution in [3.8, 4) is 5.75 Å². The van der Waals surface area contributed by atoms with Crippen LogP contribution < -0.4 is 10.5 Å². The number of rotatable bonds is 4. The number of methoxy groups -OCH3 is 1. The number of aromatic nitrogens is 1. The van der Waals surface area contributed by atoms with Gasteiger partial charge in [0.05, 0.1) is 18.4 Å². The van der Waals surface area contributed by atoms with Crippen LogP contribution in [0.1, 0.15) is 15.9 Å². The molecule has 0 aliphatic heterocycles. The first-order valence-electron chi connectivity index (χ1n) is 5.71. The van der Waals surface area contributed by atoms with Crippen molar-refractivity contribution in [2.24, 2.45) is 0 Å². The summed E-state index contributed by atoms with van der Waals surface area (Å²) in [5.41, 5.74) is 7.42. The molecule has 5 nitrogen and oxygen atoms in total. The fourth-order valence-electron chi connectivity index (χ4n) is 1.68. The van der Waals surface area contributed by atoms with E-state index in [1.165, 1.54) is 13.3 Å². The fraction of sp³-hybridized carbons (Fsp3) is 0.143. The monoisotopic (exact) mass is 258 g/mol. The molecule has 0 spiro atoms. The summed E-state index contributed by atoms with van der Waals surface area (Å²) >= 11 is 0. The molecular formula is C14H14N2O3. The minimum absolute atomic E-state index is 0.0991. The van der Waals surface area contributed by atoms with Crippen molar-refractivity contribution >= 4 is 11.7 Å². The molecular weight excluding hydrogens is 244 g/mol. The predicted molar refractivity (Wildman–Crippen MR) is 70.8 cm³/mol. The SMILES string of the molecule is COc1c(N)cccc1COC(=O)c1cccnc1. The Morgan fingerprint density at radius 2 is 2.16 bits per heavy atom. The molecule has 1 aromatic carbocycles. The van der Waals surface area contributed by atoms with E-state index in [1.54, 1.807) is 36.5 Å². The summed E-state index contributed by atoms with van der Waals surface area (Å²) in [6, 6.07) is 8.63. The van der Waals surface area contributed by atoms with Gasteiger partial charge in [-0.3, -0.25) is 4.98 Å². The van der Waals surface area contributed by atoms with Gasteiger partial charge in [-0.25, -0.2) is 4.79 Å². The van der Waals surface area contributed by atoms with Gasteiger partial charge in [0, 0.05) is 18.0 Å². The van der Waals surface area contributed by atoms with Crippen molar-refractivity contribution in [3.05, 3.63) is 53.9 Å². The van der Waals surface area contributed by atoms with Gasteiger partial charge < -0.3 is 15.2 Å². The summed E-state index contributed by atoms with van der Waals surface area (Å²) in [6.07, 6.45) is 3.05. The fourth-order valence-corrected chi connectivity index (χ4v) is 1.68. The lowest BCUT2D eigenvalue weighted by Crippen LogP contribution is -2.07. The van der Waals surface area contributed by atoms with Crippen LogP contribution in [0.3, 0.4) is 0 Å². The molecule has 0 aliphatic rings. The van der Waals surface area contributed by atoms with Crippen LogP contribution in [0.15, 0.2) is 42.7 Å². The highest BCUT2D eigenvalue weighted by Crippen LogP contribution is 2.26. The predicted octanol–water partition coefficient (Wildman–Crippen LogP) is 2.03. The summed E-state index contributed by atoms with van der Waals surface area (Å²) in [4.78, 5) is 15.6. The quantitative estimate of drug-likeness (QED) is 0.671. The number of anilines is 1. The molecule has 0 aliphatic carbocycles. The number of nitrogens with two attached hydrogens (primary N) is 1. The van der Waals surface area contributed by atoms with E-state index in [4.69, 9.17) is 15.2 Å². The van der Waals surface area contributed by atoms with Crippen molar-refractivity contribution in [1.29, 1.82) is 0 Å². The van der Waals surface area contributed by atoms with E-state index in [0.29, 0.717) is 17.0 Å². The van der Waals surface area contributed by atoms with Crippen LogP contribution in [0.25, 0.3) is 0 Å². The Morgan fingerprint density at radius 3 is 2.84 bits per heavy atom. The standard InChI is InChI=1S/C14H14N2O3/c1-18-13-11(4-2-6-12(13)15)9-19-14(17)10-5-3-7-16-8-10/h2-8H,9,15H2,1H3. The Kier molecular flexibility index (Phi) is 3.97. The van der Waals surface area contributed by atoms with Gasteiger partial charge >= 0.3 is 5.97 Å². The first-order valence-corrected chi connectivity index (χ1v) is 5.71. The lowest BCUT2D eigenvalue weighted by atomic mass is 10.2. The average Bonchev–Trinajstić information content (AvgIpc) is 2.45. The summed E-state index contributed by atoms with van der Waals surface area (Å²) in [7, 11) is 1.53. The van der Waals surface area contributed by atoms with Crippen molar-refractivity contribution < 1.29 is 14.3 Å². The third-order valence-electron chi connectivity index (χ3n) is 2.59.